The number of rotatable bonds is 5. The highest BCUT2D eigenvalue weighted by Crippen LogP contribution is 2.25. The third-order valence-corrected chi connectivity index (χ3v) is 6.95. The van der Waals surface area contributed by atoms with E-state index in [9.17, 15) is 13.2 Å². The molecule has 0 aliphatic carbocycles. The monoisotopic (exact) mass is 354 g/mol. The van der Waals surface area contributed by atoms with Crippen LogP contribution in [0.25, 0.3) is 0 Å². The average Bonchev–Trinajstić information content (AvgIpc) is 3.21. The maximum Gasteiger partial charge on any atom is 0.225 e. The standard InChI is InChI=1S/C16H26N4O3S/c1-18(10-11-20-7-2-6-17-20)16(21)14-3-8-19(9-4-14)15-5-12-24(22,23)13-15/h2,6-7,14-15H,3-5,8-13H2,1H3. The van der Waals surface area contributed by atoms with Gasteiger partial charge in [0.25, 0.3) is 0 Å². The lowest BCUT2D eigenvalue weighted by Crippen LogP contribution is -2.46. The fraction of sp³-hybridized carbons (Fsp3) is 0.750. The Morgan fingerprint density at radius 3 is 2.62 bits per heavy atom. The zero-order valence-electron chi connectivity index (χ0n) is 14.2. The van der Waals surface area contributed by atoms with Gasteiger partial charge in [0.05, 0.1) is 18.1 Å². The van der Waals surface area contributed by atoms with E-state index in [0.29, 0.717) is 18.8 Å². The first-order valence-electron chi connectivity index (χ1n) is 8.61. The van der Waals surface area contributed by atoms with Crippen molar-refractivity contribution in [2.24, 2.45) is 5.92 Å². The largest absolute Gasteiger partial charge is 0.344 e. The van der Waals surface area contributed by atoms with Gasteiger partial charge in [-0.1, -0.05) is 0 Å². The minimum absolute atomic E-state index is 0.0573. The highest BCUT2D eigenvalue weighted by atomic mass is 32.2. The van der Waals surface area contributed by atoms with E-state index in [1.807, 2.05) is 24.0 Å². The van der Waals surface area contributed by atoms with Crippen LogP contribution >= 0.6 is 0 Å². The second kappa shape index (κ2) is 7.23. The first kappa shape index (κ1) is 17.4. The Balaban J connectivity index is 1.44. The molecule has 2 saturated heterocycles. The molecule has 3 heterocycles. The third kappa shape index (κ3) is 4.16. The van der Waals surface area contributed by atoms with Crippen molar-refractivity contribution in [2.75, 3.05) is 38.2 Å². The summed E-state index contributed by atoms with van der Waals surface area (Å²) in [6, 6.07) is 2.03. The van der Waals surface area contributed by atoms with Crippen LogP contribution in [0.15, 0.2) is 18.5 Å². The summed E-state index contributed by atoms with van der Waals surface area (Å²) in [4.78, 5) is 16.6. The second-order valence-corrected chi connectivity index (χ2v) is 9.12. The molecule has 2 aliphatic rings. The molecule has 2 aliphatic heterocycles. The fourth-order valence-corrected chi connectivity index (χ4v) is 5.44. The summed E-state index contributed by atoms with van der Waals surface area (Å²) in [6.07, 6.45) is 6.01. The Morgan fingerprint density at radius 2 is 2.04 bits per heavy atom. The lowest BCUT2D eigenvalue weighted by Gasteiger charge is -2.36. The summed E-state index contributed by atoms with van der Waals surface area (Å²) in [5.74, 6) is 0.852. The fourth-order valence-electron chi connectivity index (χ4n) is 3.68. The molecule has 1 aromatic heterocycles. The molecule has 1 amide bonds. The molecular weight excluding hydrogens is 328 g/mol. The van der Waals surface area contributed by atoms with Gasteiger partial charge < -0.3 is 4.90 Å². The van der Waals surface area contributed by atoms with Crippen LogP contribution in [0.3, 0.4) is 0 Å². The van der Waals surface area contributed by atoms with Gasteiger partial charge in [-0.2, -0.15) is 5.10 Å². The molecule has 0 radical (unpaired) electrons. The first-order chi connectivity index (χ1) is 11.4. The predicted octanol–water partition coefficient (Wildman–Crippen LogP) is 0.241. The van der Waals surface area contributed by atoms with E-state index in [2.05, 4.69) is 10.00 Å². The maximum atomic E-state index is 12.6. The Hall–Kier alpha value is -1.41. The molecular formula is C16H26N4O3S. The van der Waals surface area contributed by atoms with Gasteiger partial charge in [-0.3, -0.25) is 14.4 Å². The minimum atomic E-state index is -2.84. The zero-order chi connectivity index (χ0) is 17.2. The number of sulfone groups is 1. The smallest absolute Gasteiger partial charge is 0.225 e. The molecule has 24 heavy (non-hydrogen) atoms. The normalized spacial score (nSPS) is 25.0. The van der Waals surface area contributed by atoms with E-state index in [1.54, 1.807) is 11.1 Å². The average molecular weight is 354 g/mol. The number of aromatic nitrogens is 2. The van der Waals surface area contributed by atoms with Crippen molar-refractivity contribution in [2.45, 2.75) is 31.8 Å². The topological polar surface area (TPSA) is 75.5 Å². The van der Waals surface area contributed by atoms with Gasteiger partial charge in [-0.05, 0) is 38.4 Å². The van der Waals surface area contributed by atoms with E-state index in [0.717, 1.165) is 32.4 Å². The van der Waals surface area contributed by atoms with E-state index < -0.39 is 9.84 Å². The molecule has 0 N–H and O–H groups in total. The third-order valence-electron chi connectivity index (χ3n) is 5.20. The lowest BCUT2D eigenvalue weighted by atomic mass is 9.94. The van der Waals surface area contributed by atoms with Crippen molar-refractivity contribution in [3.05, 3.63) is 18.5 Å². The quantitative estimate of drug-likeness (QED) is 0.757. The Morgan fingerprint density at radius 1 is 1.29 bits per heavy atom. The SMILES string of the molecule is CN(CCn1cccn1)C(=O)C1CCN(C2CCS(=O)(=O)C2)CC1. The van der Waals surface area contributed by atoms with Crippen molar-refractivity contribution in [1.82, 2.24) is 19.6 Å². The Bertz CT molecular complexity index is 651. The van der Waals surface area contributed by atoms with E-state index in [-0.39, 0.29) is 23.6 Å². The number of carbonyl (C=O) groups is 1. The minimum Gasteiger partial charge on any atom is -0.344 e. The van der Waals surface area contributed by atoms with Gasteiger partial charge >= 0.3 is 0 Å². The number of carbonyl (C=O) groups excluding carboxylic acids is 1. The van der Waals surface area contributed by atoms with Gasteiger partial charge in [0.2, 0.25) is 5.91 Å². The molecule has 7 nitrogen and oxygen atoms in total. The molecule has 0 saturated carbocycles. The van der Waals surface area contributed by atoms with Gasteiger partial charge in [0.15, 0.2) is 9.84 Å². The van der Waals surface area contributed by atoms with Crippen LogP contribution < -0.4 is 0 Å². The Kier molecular flexibility index (Phi) is 5.24. The molecule has 0 spiro atoms. The number of likely N-dealkylation sites (tertiary alicyclic amines) is 1. The molecule has 1 aromatic rings. The van der Waals surface area contributed by atoms with Crippen LogP contribution in [0.1, 0.15) is 19.3 Å². The molecule has 0 bridgehead atoms. The van der Waals surface area contributed by atoms with Crippen LogP contribution in [0.4, 0.5) is 0 Å². The van der Waals surface area contributed by atoms with Gasteiger partial charge in [0, 0.05) is 37.9 Å². The predicted molar refractivity (Wildman–Crippen MR) is 91.2 cm³/mol. The Labute approximate surface area is 143 Å². The van der Waals surface area contributed by atoms with Crippen molar-refractivity contribution in [3.8, 4) is 0 Å². The summed E-state index contributed by atoms with van der Waals surface area (Å²) >= 11 is 0. The highest BCUT2D eigenvalue weighted by Gasteiger charge is 2.35. The molecule has 134 valence electrons. The van der Waals surface area contributed by atoms with Crippen LogP contribution in [-0.2, 0) is 21.2 Å². The van der Waals surface area contributed by atoms with Crippen molar-refractivity contribution in [1.29, 1.82) is 0 Å². The van der Waals surface area contributed by atoms with Gasteiger partial charge in [-0.25, -0.2) is 8.42 Å². The summed E-state index contributed by atoms with van der Waals surface area (Å²) in [6.45, 7) is 3.00. The summed E-state index contributed by atoms with van der Waals surface area (Å²) < 4.78 is 25.1. The maximum absolute atomic E-state index is 12.6. The highest BCUT2D eigenvalue weighted by molar-refractivity contribution is 7.91. The van der Waals surface area contributed by atoms with Crippen molar-refractivity contribution < 1.29 is 13.2 Å². The number of nitrogens with zero attached hydrogens (tertiary/aromatic N) is 4. The molecule has 1 unspecified atom stereocenters. The van der Waals surface area contributed by atoms with Gasteiger partial charge in [0.1, 0.15) is 0 Å². The van der Waals surface area contributed by atoms with E-state index in [4.69, 9.17) is 0 Å². The summed E-state index contributed by atoms with van der Waals surface area (Å²) in [5.41, 5.74) is 0. The van der Waals surface area contributed by atoms with Crippen molar-refractivity contribution >= 4 is 15.7 Å². The second-order valence-electron chi connectivity index (χ2n) is 6.90. The molecule has 2 fully saturated rings. The summed E-state index contributed by atoms with van der Waals surface area (Å²) in [5, 5.41) is 4.15. The van der Waals surface area contributed by atoms with Gasteiger partial charge in [-0.15, -0.1) is 0 Å². The lowest BCUT2D eigenvalue weighted by molar-refractivity contribution is -0.136. The van der Waals surface area contributed by atoms with Crippen molar-refractivity contribution in [3.63, 3.8) is 0 Å². The van der Waals surface area contributed by atoms with E-state index >= 15 is 0 Å². The number of hydrogen-bond acceptors (Lipinski definition) is 5. The molecule has 0 aromatic carbocycles. The molecule has 3 rings (SSSR count). The van der Waals surface area contributed by atoms with Crippen LogP contribution in [0.2, 0.25) is 0 Å². The first-order valence-corrected chi connectivity index (χ1v) is 10.4. The molecule has 1 atom stereocenters. The number of likely N-dealkylation sites (N-methyl/N-ethyl adjacent to an activating group) is 1. The van der Waals surface area contributed by atoms with Crippen LogP contribution in [0.5, 0.6) is 0 Å². The number of hydrogen-bond donors (Lipinski definition) is 0. The molecule has 8 heteroatoms. The van der Waals surface area contributed by atoms with E-state index in [1.165, 1.54) is 0 Å². The number of amides is 1. The zero-order valence-corrected chi connectivity index (χ0v) is 15.0. The van der Waals surface area contributed by atoms with Crippen LogP contribution in [-0.4, -0.2) is 78.1 Å². The summed E-state index contributed by atoms with van der Waals surface area (Å²) in [7, 11) is -0.993. The van der Waals surface area contributed by atoms with Crippen LogP contribution in [0, 0.1) is 5.92 Å². The number of piperidine rings is 1.